The van der Waals surface area contributed by atoms with Gasteiger partial charge in [-0.2, -0.15) is 0 Å². The molecule has 0 heterocycles. The lowest BCUT2D eigenvalue weighted by molar-refractivity contribution is 0.0944. The molecule has 1 amide bonds. The number of nitrogens with one attached hydrogen (secondary N) is 2. The number of carbonyl (C=O) groups is 1. The van der Waals surface area contributed by atoms with Gasteiger partial charge in [0.05, 0.1) is 18.6 Å². The number of ether oxygens (including phenoxy) is 2. The smallest absolute Gasteiger partial charge is 0.266 e. The number of hydrogen-bond acceptors (Lipinski definition) is 5. The van der Waals surface area contributed by atoms with Crippen molar-refractivity contribution in [3.63, 3.8) is 0 Å². The number of aryl methyl sites for hydroxylation is 1. The van der Waals surface area contributed by atoms with Gasteiger partial charge in [0, 0.05) is 10.6 Å². The number of hydrogen-bond donors (Lipinski definition) is 2. The third-order valence-electron chi connectivity index (χ3n) is 4.12. The number of halogens is 1. The van der Waals surface area contributed by atoms with Crippen molar-refractivity contribution in [1.29, 1.82) is 0 Å². The van der Waals surface area contributed by atoms with Crippen LogP contribution in [0.4, 0.5) is 0 Å². The average Bonchev–Trinajstić information content (AvgIpc) is 2.67. The fraction of sp³-hybridized carbons (Fsp3) is 0.350. The predicted molar refractivity (Wildman–Crippen MR) is 112 cm³/mol. The average molecular weight is 441 g/mol. The van der Waals surface area contributed by atoms with Gasteiger partial charge in [0.25, 0.3) is 15.9 Å². The summed E-state index contributed by atoms with van der Waals surface area (Å²) >= 11 is 5.88. The van der Waals surface area contributed by atoms with Gasteiger partial charge in [0.2, 0.25) is 0 Å². The number of methoxy groups -OCH3 is 1. The first-order valence-electron chi connectivity index (χ1n) is 9.03. The highest BCUT2D eigenvalue weighted by molar-refractivity contribution is 7.89. The summed E-state index contributed by atoms with van der Waals surface area (Å²) < 4.78 is 35.9. The summed E-state index contributed by atoms with van der Waals surface area (Å²) in [6.07, 6.45) is 0.885. The Morgan fingerprint density at radius 3 is 2.52 bits per heavy atom. The predicted octanol–water partition coefficient (Wildman–Crippen LogP) is 3.71. The molecule has 0 fully saturated rings. The second kappa shape index (κ2) is 9.96. The summed E-state index contributed by atoms with van der Waals surface area (Å²) in [5.41, 5.74) is 2.91. The number of hydrazine groups is 1. The van der Waals surface area contributed by atoms with Gasteiger partial charge in [-0.1, -0.05) is 31.5 Å². The first kappa shape index (κ1) is 23.0. The molecular formula is C20H25ClN2O5S. The van der Waals surface area contributed by atoms with Crippen LogP contribution in [0.1, 0.15) is 36.2 Å². The molecule has 0 spiro atoms. The van der Waals surface area contributed by atoms with Crippen LogP contribution in [0.3, 0.4) is 0 Å². The van der Waals surface area contributed by atoms with Crippen LogP contribution in [0.25, 0.3) is 0 Å². The number of amides is 1. The highest BCUT2D eigenvalue weighted by Crippen LogP contribution is 2.28. The van der Waals surface area contributed by atoms with E-state index in [2.05, 4.69) is 24.1 Å². The molecule has 0 aliphatic heterocycles. The zero-order chi connectivity index (χ0) is 21.6. The van der Waals surface area contributed by atoms with E-state index in [-0.39, 0.29) is 15.5 Å². The molecule has 0 unspecified atom stereocenters. The van der Waals surface area contributed by atoms with Crippen LogP contribution in [0.2, 0.25) is 5.02 Å². The standard InChI is InChI=1S/C20H25ClN2O5S/c1-13(2)9-10-28-17-8-6-15(11-18(17)27-4)20(24)22-23-29(25,26)19-12-16(21)7-5-14(19)3/h5-8,11-13,23H,9-10H2,1-4H3,(H,22,24). The molecule has 0 saturated heterocycles. The number of carbonyl (C=O) groups excluding carboxylic acids is 1. The van der Waals surface area contributed by atoms with Gasteiger partial charge in [0.1, 0.15) is 0 Å². The molecule has 158 valence electrons. The maximum atomic E-state index is 12.5. The fourth-order valence-corrected chi connectivity index (χ4v) is 3.78. The lowest BCUT2D eigenvalue weighted by Crippen LogP contribution is -2.41. The SMILES string of the molecule is COc1cc(C(=O)NNS(=O)(=O)c2cc(Cl)ccc2C)ccc1OCCC(C)C. The maximum absolute atomic E-state index is 12.5. The zero-order valence-corrected chi connectivity index (χ0v) is 18.4. The third kappa shape index (κ3) is 6.35. The molecule has 7 nitrogen and oxygen atoms in total. The Labute approximate surface area is 176 Å². The molecular weight excluding hydrogens is 416 g/mol. The Hall–Kier alpha value is -2.29. The van der Waals surface area contributed by atoms with Crippen LogP contribution in [0.15, 0.2) is 41.3 Å². The number of rotatable bonds is 9. The normalized spacial score (nSPS) is 11.4. The topological polar surface area (TPSA) is 93.7 Å². The van der Waals surface area contributed by atoms with Crippen molar-refractivity contribution in [1.82, 2.24) is 10.3 Å². The summed E-state index contributed by atoms with van der Waals surface area (Å²) in [6.45, 7) is 6.36. The van der Waals surface area contributed by atoms with Gasteiger partial charge in [0.15, 0.2) is 11.5 Å². The Morgan fingerprint density at radius 1 is 1.14 bits per heavy atom. The molecule has 2 N–H and O–H groups in total. The van der Waals surface area contributed by atoms with Crippen molar-refractivity contribution in [2.75, 3.05) is 13.7 Å². The Kier molecular flexibility index (Phi) is 7.89. The van der Waals surface area contributed by atoms with E-state index in [4.69, 9.17) is 21.1 Å². The van der Waals surface area contributed by atoms with Crippen LogP contribution in [0, 0.1) is 12.8 Å². The van der Waals surface area contributed by atoms with E-state index in [0.717, 1.165) is 6.42 Å². The monoisotopic (exact) mass is 440 g/mol. The molecule has 0 atom stereocenters. The third-order valence-corrected chi connectivity index (χ3v) is 5.74. The largest absolute Gasteiger partial charge is 0.493 e. The summed E-state index contributed by atoms with van der Waals surface area (Å²) in [5.74, 6) is 0.761. The Bertz CT molecular complexity index is 977. The van der Waals surface area contributed by atoms with Gasteiger partial charge < -0.3 is 9.47 Å². The van der Waals surface area contributed by atoms with Crippen molar-refractivity contribution in [2.45, 2.75) is 32.1 Å². The second-order valence-corrected chi connectivity index (χ2v) is 8.95. The van der Waals surface area contributed by atoms with E-state index in [1.165, 1.54) is 25.3 Å². The zero-order valence-electron chi connectivity index (χ0n) is 16.8. The van der Waals surface area contributed by atoms with Gasteiger partial charge in [-0.05, 0) is 55.2 Å². The van der Waals surface area contributed by atoms with E-state index < -0.39 is 15.9 Å². The Balaban J connectivity index is 2.09. The highest BCUT2D eigenvalue weighted by atomic mass is 35.5. The van der Waals surface area contributed by atoms with Gasteiger partial charge in [-0.25, -0.2) is 8.42 Å². The van der Waals surface area contributed by atoms with Crippen molar-refractivity contribution < 1.29 is 22.7 Å². The Morgan fingerprint density at radius 2 is 1.86 bits per heavy atom. The lowest BCUT2D eigenvalue weighted by atomic mass is 10.1. The van der Waals surface area contributed by atoms with E-state index in [1.54, 1.807) is 25.1 Å². The van der Waals surface area contributed by atoms with Crippen LogP contribution in [0.5, 0.6) is 11.5 Å². The summed E-state index contributed by atoms with van der Waals surface area (Å²) in [4.78, 5) is 14.5. The van der Waals surface area contributed by atoms with Crippen molar-refractivity contribution in [3.8, 4) is 11.5 Å². The molecule has 2 aromatic carbocycles. The fourth-order valence-electron chi connectivity index (χ4n) is 2.44. The molecule has 0 aliphatic rings. The molecule has 2 aromatic rings. The van der Waals surface area contributed by atoms with Crippen LogP contribution in [-0.2, 0) is 10.0 Å². The number of benzene rings is 2. The van der Waals surface area contributed by atoms with Gasteiger partial charge >= 0.3 is 0 Å². The molecule has 0 radical (unpaired) electrons. The van der Waals surface area contributed by atoms with Crippen molar-refractivity contribution in [3.05, 3.63) is 52.5 Å². The first-order chi connectivity index (χ1) is 13.6. The number of sulfonamides is 1. The lowest BCUT2D eigenvalue weighted by Gasteiger charge is -2.14. The van der Waals surface area contributed by atoms with Crippen LogP contribution < -0.4 is 19.7 Å². The minimum Gasteiger partial charge on any atom is -0.493 e. The van der Waals surface area contributed by atoms with Crippen LogP contribution in [-0.4, -0.2) is 28.0 Å². The maximum Gasteiger partial charge on any atom is 0.266 e. The summed E-state index contributed by atoms with van der Waals surface area (Å²) in [7, 11) is -2.51. The minimum absolute atomic E-state index is 0.0169. The minimum atomic E-state index is -3.98. The van der Waals surface area contributed by atoms with E-state index in [0.29, 0.717) is 29.6 Å². The van der Waals surface area contributed by atoms with E-state index >= 15 is 0 Å². The van der Waals surface area contributed by atoms with Gasteiger partial charge in [-0.3, -0.25) is 10.2 Å². The van der Waals surface area contributed by atoms with E-state index in [9.17, 15) is 13.2 Å². The molecule has 0 aromatic heterocycles. The van der Waals surface area contributed by atoms with Crippen LogP contribution >= 0.6 is 11.6 Å². The summed E-state index contributed by atoms with van der Waals surface area (Å²) in [6, 6.07) is 9.12. The van der Waals surface area contributed by atoms with Gasteiger partial charge in [-0.15, -0.1) is 4.83 Å². The second-order valence-electron chi connectivity index (χ2n) is 6.87. The van der Waals surface area contributed by atoms with Crippen molar-refractivity contribution in [2.24, 2.45) is 5.92 Å². The summed E-state index contributed by atoms with van der Waals surface area (Å²) in [5, 5.41) is 0.278. The first-order valence-corrected chi connectivity index (χ1v) is 10.9. The van der Waals surface area contributed by atoms with E-state index in [1.807, 2.05) is 0 Å². The molecule has 0 bridgehead atoms. The molecule has 0 aliphatic carbocycles. The highest BCUT2D eigenvalue weighted by Gasteiger charge is 2.19. The molecule has 2 rings (SSSR count). The van der Waals surface area contributed by atoms with Crippen molar-refractivity contribution >= 4 is 27.5 Å². The molecule has 9 heteroatoms. The molecule has 29 heavy (non-hydrogen) atoms. The quantitative estimate of drug-likeness (QED) is 0.580. The molecule has 0 saturated carbocycles.